The molecule has 2 aromatic heterocycles. The Hall–Kier alpha value is -2.80. The number of aromatic nitrogens is 2. The minimum Gasteiger partial charge on any atom is -0.468 e. The van der Waals surface area contributed by atoms with E-state index in [9.17, 15) is 9.59 Å². The molecule has 3 heterocycles. The summed E-state index contributed by atoms with van der Waals surface area (Å²) in [7, 11) is 1.33. The molecule has 7 nitrogen and oxygen atoms in total. The summed E-state index contributed by atoms with van der Waals surface area (Å²) < 4.78 is 4.89. The highest BCUT2D eigenvalue weighted by Crippen LogP contribution is 2.23. The van der Waals surface area contributed by atoms with E-state index in [2.05, 4.69) is 15.3 Å². The Morgan fingerprint density at radius 3 is 2.68 bits per heavy atom. The molecule has 3 rings (SSSR count). The lowest BCUT2D eigenvalue weighted by molar-refractivity contribution is -0.143. The summed E-state index contributed by atoms with van der Waals surface area (Å²) in [5, 5.41) is 3.15. The van der Waals surface area contributed by atoms with Crippen molar-refractivity contribution in [2.45, 2.75) is 24.9 Å². The van der Waals surface area contributed by atoms with Crippen LogP contribution in [0.5, 0.6) is 0 Å². The monoisotopic (exact) mass is 340 g/mol. The van der Waals surface area contributed by atoms with Crippen LogP contribution in [0.15, 0.2) is 49.1 Å². The molecule has 0 saturated carbocycles. The number of methoxy groups -OCH3 is 1. The third-order valence-electron chi connectivity index (χ3n) is 4.22. The van der Waals surface area contributed by atoms with Gasteiger partial charge in [-0.05, 0) is 36.6 Å². The van der Waals surface area contributed by atoms with Gasteiger partial charge in [-0.1, -0.05) is 6.07 Å². The quantitative estimate of drug-likeness (QED) is 0.830. The number of ether oxygens (including phenoxy) is 1. The predicted molar refractivity (Wildman–Crippen MR) is 91.7 cm³/mol. The van der Waals surface area contributed by atoms with Crippen LogP contribution in [-0.2, 0) is 14.3 Å². The summed E-state index contributed by atoms with van der Waals surface area (Å²) >= 11 is 0. The first kappa shape index (κ1) is 17.0. The van der Waals surface area contributed by atoms with Gasteiger partial charge in [0.2, 0.25) is 5.91 Å². The van der Waals surface area contributed by atoms with Crippen molar-refractivity contribution in [3.63, 3.8) is 0 Å². The number of hydrogen-bond acceptors (Lipinski definition) is 6. The maximum atomic E-state index is 12.9. The molecule has 0 aliphatic carbocycles. The molecule has 130 valence electrons. The number of amides is 1. The van der Waals surface area contributed by atoms with E-state index in [0.717, 1.165) is 12.1 Å². The number of nitrogens with zero attached hydrogens (tertiary/aromatic N) is 3. The molecule has 0 unspecified atom stereocenters. The molecule has 0 bridgehead atoms. The maximum Gasteiger partial charge on any atom is 0.327 e. The number of pyridine rings is 2. The van der Waals surface area contributed by atoms with E-state index in [1.165, 1.54) is 7.11 Å². The second-order valence-electron chi connectivity index (χ2n) is 5.81. The van der Waals surface area contributed by atoms with Gasteiger partial charge >= 0.3 is 5.97 Å². The number of piperidine rings is 1. The second kappa shape index (κ2) is 7.85. The average molecular weight is 340 g/mol. The molecule has 2 atom stereocenters. The van der Waals surface area contributed by atoms with Crippen LogP contribution in [0.1, 0.15) is 24.4 Å². The molecule has 1 saturated heterocycles. The van der Waals surface area contributed by atoms with Crippen LogP contribution in [0, 0.1) is 0 Å². The van der Waals surface area contributed by atoms with E-state index in [0.29, 0.717) is 18.5 Å². The van der Waals surface area contributed by atoms with E-state index in [1.807, 2.05) is 6.07 Å². The fourth-order valence-electron chi connectivity index (χ4n) is 2.97. The third kappa shape index (κ3) is 3.83. The van der Waals surface area contributed by atoms with Gasteiger partial charge in [-0.25, -0.2) is 4.79 Å². The first-order chi connectivity index (χ1) is 12.2. The molecule has 25 heavy (non-hydrogen) atoms. The Balaban J connectivity index is 1.80. The van der Waals surface area contributed by atoms with Crippen LogP contribution < -0.4 is 10.2 Å². The number of esters is 1. The van der Waals surface area contributed by atoms with Crippen LogP contribution in [0.25, 0.3) is 0 Å². The molecule has 1 N–H and O–H groups in total. The van der Waals surface area contributed by atoms with Crippen molar-refractivity contribution in [3.05, 3.63) is 54.6 Å². The molecule has 1 aliphatic rings. The highest BCUT2D eigenvalue weighted by molar-refractivity contribution is 5.98. The van der Waals surface area contributed by atoms with E-state index in [1.54, 1.807) is 47.9 Å². The topological polar surface area (TPSA) is 84.4 Å². The number of carbonyl (C=O) groups excluding carboxylic acids is 2. The van der Waals surface area contributed by atoms with Gasteiger partial charge in [0, 0.05) is 25.1 Å². The van der Waals surface area contributed by atoms with Crippen molar-refractivity contribution >= 4 is 17.6 Å². The van der Waals surface area contributed by atoms with Crippen molar-refractivity contribution in [1.82, 2.24) is 15.3 Å². The lowest BCUT2D eigenvalue weighted by Gasteiger charge is -2.34. The highest BCUT2D eigenvalue weighted by atomic mass is 16.5. The molecule has 7 heteroatoms. The average Bonchev–Trinajstić information content (AvgIpc) is 2.68. The van der Waals surface area contributed by atoms with Gasteiger partial charge in [0.15, 0.2) is 0 Å². The number of rotatable bonds is 5. The van der Waals surface area contributed by atoms with Gasteiger partial charge in [-0.15, -0.1) is 0 Å². The van der Waals surface area contributed by atoms with Crippen molar-refractivity contribution in [2.24, 2.45) is 0 Å². The molecule has 1 aliphatic heterocycles. The summed E-state index contributed by atoms with van der Waals surface area (Å²) in [5.74, 6) is -0.517. The smallest absolute Gasteiger partial charge is 0.327 e. The van der Waals surface area contributed by atoms with Crippen molar-refractivity contribution in [3.8, 4) is 0 Å². The zero-order valence-electron chi connectivity index (χ0n) is 14.0. The number of nitrogens with one attached hydrogen (secondary N) is 1. The first-order valence-corrected chi connectivity index (χ1v) is 8.16. The summed E-state index contributed by atoms with van der Waals surface area (Å²) in [5.41, 5.74) is 1.43. The second-order valence-corrected chi connectivity index (χ2v) is 5.81. The SMILES string of the molecule is COC(=O)[C@@H](N[C@H]1CCCN(c2cccnc2)C1=O)c1cccnc1. The Labute approximate surface area is 146 Å². The Morgan fingerprint density at radius 1 is 1.28 bits per heavy atom. The molecular formula is C18H20N4O3. The van der Waals surface area contributed by atoms with Gasteiger partial charge in [0.05, 0.1) is 25.0 Å². The summed E-state index contributed by atoms with van der Waals surface area (Å²) in [6.45, 7) is 0.637. The lowest BCUT2D eigenvalue weighted by Crippen LogP contribution is -2.52. The Morgan fingerprint density at radius 2 is 2.04 bits per heavy atom. The first-order valence-electron chi connectivity index (χ1n) is 8.16. The van der Waals surface area contributed by atoms with E-state index in [-0.39, 0.29) is 5.91 Å². The molecule has 2 aromatic rings. The molecule has 0 radical (unpaired) electrons. The molecule has 0 aromatic carbocycles. The van der Waals surface area contributed by atoms with Crippen LogP contribution in [0.4, 0.5) is 5.69 Å². The molecular weight excluding hydrogens is 320 g/mol. The molecule has 1 amide bonds. The number of hydrogen-bond donors (Lipinski definition) is 1. The van der Waals surface area contributed by atoms with E-state index < -0.39 is 18.1 Å². The fraction of sp³-hybridized carbons (Fsp3) is 0.333. The zero-order valence-corrected chi connectivity index (χ0v) is 14.0. The largest absolute Gasteiger partial charge is 0.468 e. The van der Waals surface area contributed by atoms with Crippen molar-refractivity contribution < 1.29 is 14.3 Å². The van der Waals surface area contributed by atoms with Gasteiger partial charge < -0.3 is 9.64 Å². The normalized spacial score (nSPS) is 18.7. The number of carbonyl (C=O) groups is 2. The van der Waals surface area contributed by atoms with Gasteiger partial charge in [0.25, 0.3) is 0 Å². The van der Waals surface area contributed by atoms with E-state index in [4.69, 9.17) is 4.74 Å². The van der Waals surface area contributed by atoms with Gasteiger partial charge in [0.1, 0.15) is 6.04 Å². The predicted octanol–water partition coefficient (Wildman–Crippen LogP) is 1.48. The summed E-state index contributed by atoms with van der Waals surface area (Å²) in [4.78, 5) is 34.9. The van der Waals surface area contributed by atoms with Crippen LogP contribution >= 0.6 is 0 Å². The third-order valence-corrected chi connectivity index (χ3v) is 4.22. The van der Waals surface area contributed by atoms with Gasteiger partial charge in [-0.3, -0.25) is 20.1 Å². The maximum absolute atomic E-state index is 12.9. The molecule has 0 spiro atoms. The van der Waals surface area contributed by atoms with Crippen molar-refractivity contribution in [1.29, 1.82) is 0 Å². The standard InChI is InChI=1S/C18H20N4O3/c1-25-18(24)16(13-5-2-8-19-11-13)21-15-7-4-10-22(17(15)23)14-6-3-9-20-12-14/h2-3,5-6,8-9,11-12,15-16,21H,4,7,10H2,1H3/t15-,16-/m0/s1. The minimum absolute atomic E-state index is 0.0722. The highest BCUT2D eigenvalue weighted by Gasteiger charge is 2.34. The van der Waals surface area contributed by atoms with Crippen LogP contribution in [0.2, 0.25) is 0 Å². The Kier molecular flexibility index (Phi) is 5.35. The van der Waals surface area contributed by atoms with Crippen LogP contribution in [0.3, 0.4) is 0 Å². The lowest BCUT2D eigenvalue weighted by atomic mass is 10.0. The van der Waals surface area contributed by atoms with Crippen molar-refractivity contribution in [2.75, 3.05) is 18.6 Å². The van der Waals surface area contributed by atoms with Gasteiger partial charge in [-0.2, -0.15) is 0 Å². The number of anilines is 1. The minimum atomic E-state index is -0.735. The molecule has 1 fully saturated rings. The zero-order chi connectivity index (χ0) is 17.6. The van der Waals surface area contributed by atoms with E-state index >= 15 is 0 Å². The fourth-order valence-corrected chi connectivity index (χ4v) is 2.97. The summed E-state index contributed by atoms with van der Waals surface area (Å²) in [6.07, 6.45) is 8.06. The van der Waals surface area contributed by atoms with Crippen LogP contribution in [-0.4, -0.2) is 41.5 Å². The Bertz CT molecular complexity index is 724. The summed E-state index contributed by atoms with van der Waals surface area (Å²) in [6, 6.07) is 5.98.